The van der Waals surface area contributed by atoms with Crippen LogP contribution in [-0.2, 0) is 16.1 Å². The van der Waals surface area contributed by atoms with E-state index in [-0.39, 0.29) is 17.9 Å². The summed E-state index contributed by atoms with van der Waals surface area (Å²) in [5.74, 6) is 0.0402. The Morgan fingerprint density at radius 3 is 2.88 bits per heavy atom. The summed E-state index contributed by atoms with van der Waals surface area (Å²) in [5.41, 5.74) is 1.83. The summed E-state index contributed by atoms with van der Waals surface area (Å²) in [7, 11) is 1.54. The summed E-state index contributed by atoms with van der Waals surface area (Å²) < 4.78 is 4.93. The topological polar surface area (TPSA) is 65.6 Å². The van der Waals surface area contributed by atoms with Gasteiger partial charge in [0.2, 0.25) is 5.91 Å². The highest BCUT2D eigenvalue weighted by Crippen LogP contribution is 2.11. The van der Waals surface area contributed by atoms with Gasteiger partial charge in [-0.3, -0.25) is 14.5 Å². The van der Waals surface area contributed by atoms with E-state index >= 15 is 0 Å². The molecule has 0 bridgehead atoms. The number of carbonyl (C=O) groups excluding carboxylic acids is 1. The van der Waals surface area contributed by atoms with E-state index in [1.807, 2.05) is 29.2 Å². The van der Waals surface area contributed by atoms with Crippen molar-refractivity contribution in [2.24, 2.45) is 0 Å². The minimum atomic E-state index is 0.0402. The first-order valence-electron chi connectivity index (χ1n) is 8.27. The molecule has 0 saturated carbocycles. The largest absolute Gasteiger partial charge is 0.375 e. The first kappa shape index (κ1) is 16.7. The lowest BCUT2D eigenvalue weighted by molar-refractivity contribution is -0.135. The first-order valence-corrected chi connectivity index (χ1v) is 8.27. The summed E-state index contributed by atoms with van der Waals surface area (Å²) >= 11 is 0. The van der Waals surface area contributed by atoms with Crippen molar-refractivity contribution < 1.29 is 9.53 Å². The summed E-state index contributed by atoms with van der Waals surface area (Å²) in [6, 6.07) is 9.24. The van der Waals surface area contributed by atoms with E-state index in [2.05, 4.69) is 9.88 Å². The molecule has 2 heterocycles. The van der Waals surface area contributed by atoms with Crippen LogP contribution in [0.15, 0.2) is 35.1 Å². The summed E-state index contributed by atoms with van der Waals surface area (Å²) in [6.45, 7) is 3.98. The number of carbonyl (C=O) groups is 1. The van der Waals surface area contributed by atoms with Crippen LogP contribution in [0.3, 0.4) is 0 Å². The number of H-pyrrole nitrogens is 1. The van der Waals surface area contributed by atoms with E-state index in [0.29, 0.717) is 18.5 Å². The van der Waals surface area contributed by atoms with Crippen molar-refractivity contribution in [3.8, 4) is 0 Å². The lowest BCUT2D eigenvalue weighted by atomic mass is 10.2. The van der Waals surface area contributed by atoms with Crippen LogP contribution in [0.25, 0.3) is 10.9 Å². The van der Waals surface area contributed by atoms with Gasteiger partial charge in [-0.25, -0.2) is 0 Å². The number of hydrogen-bond acceptors (Lipinski definition) is 4. The molecule has 24 heavy (non-hydrogen) atoms. The number of para-hydroxylation sites is 1. The normalized spacial score (nSPS) is 16.3. The Morgan fingerprint density at radius 2 is 2.04 bits per heavy atom. The number of rotatable bonds is 4. The maximum atomic E-state index is 12.2. The van der Waals surface area contributed by atoms with Crippen LogP contribution in [0.4, 0.5) is 0 Å². The van der Waals surface area contributed by atoms with E-state index in [4.69, 9.17) is 4.74 Å². The van der Waals surface area contributed by atoms with Crippen molar-refractivity contribution in [1.82, 2.24) is 14.8 Å². The van der Waals surface area contributed by atoms with Crippen molar-refractivity contribution in [3.05, 3.63) is 46.2 Å². The fourth-order valence-corrected chi connectivity index (χ4v) is 3.17. The zero-order chi connectivity index (χ0) is 16.9. The number of nitrogens with one attached hydrogen (secondary N) is 1. The second kappa shape index (κ2) is 7.59. The molecule has 0 radical (unpaired) electrons. The SMILES string of the molecule is COCC(=O)N1CCCN(Cc2cc(=O)c3ccccc3[nH]2)CC1. The molecule has 0 unspecified atom stereocenters. The lowest BCUT2D eigenvalue weighted by Crippen LogP contribution is -2.37. The number of pyridine rings is 1. The van der Waals surface area contributed by atoms with Gasteiger partial charge in [-0.15, -0.1) is 0 Å². The molecule has 3 rings (SSSR count). The van der Waals surface area contributed by atoms with E-state index < -0.39 is 0 Å². The van der Waals surface area contributed by atoms with Crippen molar-refractivity contribution in [3.63, 3.8) is 0 Å². The van der Waals surface area contributed by atoms with Crippen LogP contribution in [-0.4, -0.2) is 60.6 Å². The summed E-state index contributed by atoms with van der Waals surface area (Å²) in [6.07, 6.45) is 0.924. The average Bonchev–Trinajstić information content (AvgIpc) is 2.81. The monoisotopic (exact) mass is 329 g/mol. The number of aromatic amines is 1. The maximum Gasteiger partial charge on any atom is 0.248 e. The van der Waals surface area contributed by atoms with Crippen LogP contribution in [0, 0.1) is 0 Å². The van der Waals surface area contributed by atoms with Crippen LogP contribution in [0.2, 0.25) is 0 Å². The van der Waals surface area contributed by atoms with Crippen LogP contribution in [0.5, 0.6) is 0 Å². The number of fused-ring (bicyclic) bond motifs is 1. The highest BCUT2D eigenvalue weighted by Gasteiger charge is 2.19. The Bertz CT molecular complexity index is 771. The molecule has 1 aromatic carbocycles. The molecule has 1 aromatic heterocycles. The number of hydrogen-bond donors (Lipinski definition) is 1. The van der Waals surface area contributed by atoms with Gasteiger partial charge in [0.1, 0.15) is 6.61 Å². The molecule has 6 nitrogen and oxygen atoms in total. The van der Waals surface area contributed by atoms with E-state index in [9.17, 15) is 9.59 Å². The van der Waals surface area contributed by atoms with Gasteiger partial charge in [0, 0.05) is 62.5 Å². The Labute approximate surface area is 141 Å². The molecule has 0 atom stereocenters. The minimum absolute atomic E-state index is 0.0402. The number of amides is 1. The molecule has 0 aliphatic carbocycles. The maximum absolute atomic E-state index is 12.2. The number of nitrogens with zero attached hydrogens (tertiary/aromatic N) is 2. The summed E-state index contributed by atoms with van der Waals surface area (Å²) in [5, 5.41) is 0.716. The fraction of sp³-hybridized carbons (Fsp3) is 0.444. The highest BCUT2D eigenvalue weighted by atomic mass is 16.5. The molecule has 1 saturated heterocycles. The number of aromatic nitrogens is 1. The zero-order valence-electron chi connectivity index (χ0n) is 14.0. The Hall–Kier alpha value is -2.18. The molecule has 6 heteroatoms. The van der Waals surface area contributed by atoms with Gasteiger partial charge < -0.3 is 14.6 Å². The van der Waals surface area contributed by atoms with Crippen molar-refractivity contribution in [2.75, 3.05) is 39.9 Å². The molecule has 128 valence electrons. The molecule has 0 spiro atoms. The van der Waals surface area contributed by atoms with Crippen molar-refractivity contribution >= 4 is 16.8 Å². The average molecular weight is 329 g/mol. The number of methoxy groups -OCH3 is 1. The molecule has 1 fully saturated rings. The third kappa shape index (κ3) is 3.83. The van der Waals surface area contributed by atoms with Gasteiger partial charge in [-0.2, -0.15) is 0 Å². The molecule has 1 amide bonds. The second-order valence-electron chi connectivity index (χ2n) is 6.15. The Morgan fingerprint density at radius 1 is 1.21 bits per heavy atom. The summed E-state index contributed by atoms with van der Waals surface area (Å²) in [4.78, 5) is 31.6. The Balaban J connectivity index is 1.68. The first-order chi connectivity index (χ1) is 11.7. The van der Waals surface area contributed by atoms with Gasteiger partial charge in [-0.05, 0) is 18.6 Å². The number of ether oxygens (including phenoxy) is 1. The van der Waals surface area contributed by atoms with Gasteiger partial charge in [-0.1, -0.05) is 12.1 Å². The van der Waals surface area contributed by atoms with Crippen LogP contribution in [0.1, 0.15) is 12.1 Å². The molecule has 1 N–H and O–H groups in total. The third-order valence-corrected chi connectivity index (χ3v) is 4.40. The van der Waals surface area contributed by atoms with E-state index in [1.165, 1.54) is 7.11 Å². The molecular formula is C18H23N3O3. The predicted molar refractivity (Wildman–Crippen MR) is 92.9 cm³/mol. The van der Waals surface area contributed by atoms with Crippen LogP contribution < -0.4 is 5.43 Å². The molecule has 1 aliphatic rings. The standard InChI is InChI=1S/C18H23N3O3/c1-24-13-18(23)21-8-4-7-20(9-10-21)12-14-11-17(22)15-5-2-3-6-16(15)19-14/h2-3,5-6,11H,4,7-10,12-13H2,1H3,(H,19,22). The second-order valence-corrected chi connectivity index (χ2v) is 6.15. The van der Waals surface area contributed by atoms with E-state index in [0.717, 1.165) is 37.3 Å². The third-order valence-electron chi connectivity index (χ3n) is 4.40. The molecule has 1 aliphatic heterocycles. The molecular weight excluding hydrogens is 306 g/mol. The highest BCUT2D eigenvalue weighted by molar-refractivity contribution is 5.78. The predicted octanol–water partition coefficient (Wildman–Crippen LogP) is 1.21. The lowest BCUT2D eigenvalue weighted by Gasteiger charge is -2.21. The van der Waals surface area contributed by atoms with Crippen LogP contribution >= 0.6 is 0 Å². The zero-order valence-corrected chi connectivity index (χ0v) is 14.0. The van der Waals surface area contributed by atoms with Gasteiger partial charge in [0.15, 0.2) is 5.43 Å². The Kier molecular flexibility index (Phi) is 5.27. The van der Waals surface area contributed by atoms with Crippen molar-refractivity contribution in [2.45, 2.75) is 13.0 Å². The van der Waals surface area contributed by atoms with Gasteiger partial charge >= 0.3 is 0 Å². The minimum Gasteiger partial charge on any atom is -0.375 e. The molecule has 2 aromatic rings. The van der Waals surface area contributed by atoms with E-state index in [1.54, 1.807) is 6.07 Å². The van der Waals surface area contributed by atoms with Crippen molar-refractivity contribution in [1.29, 1.82) is 0 Å². The van der Waals surface area contributed by atoms with Gasteiger partial charge in [0.05, 0.1) is 0 Å². The van der Waals surface area contributed by atoms with Gasteiger partial charge in [0.25, 0.3) is 0 Å². The smallest absolute Gasteiger partial charge is 0.248 e. The quantitative estimate of drug-likeness (QED) is 0.916. The fourth-order valence-electron chi connectivity index (χ4n) is 3.17. The number of benzene rings is 1.